The number of hydrogen-bond acceptors (Lipinski definition) is 6. The van der Waals surface area contributed by atoms with E-state index in [9.17, 15) is 33.7 Å². The Hall–Kier alpha value is -1.54. The third kappa shape index (κ3) is 12.8. The van der Waals surface area contributed by atoms with Crippen molar-refractivity contribution in [3.05, 3.63) is 12.2 Å². The molecule has 0 saturated heterocycles. The average molecular weight is 449 g/mol. The van der Waals surface area contributed by atoms with Crippen LogP contribution >= 0.6 is 0 Å². The molecule has 182 valence electrons. The number of rotatable bonds is 20. The lowest BCUT2D eigenvalue weighted by atomic mass is 9.84. The minimum Gasteiger partial charge on any atom is -0.549 e. The predicted molar refractivity (Wildman–Crippen MR) is 110 cm³/mol. The minimum atomic E-state index is -2.63. The van der Waals surface area contributed by atoms with Gasteiger partial charge in [-0.3, -0.25) is 0 Å². The van der Waals surface area contributed by atoms with E-state index in [1.807, 2.05) is 0 Å². The number of carbonyl (C=O) groups is 2. The molecule has 0 aromatic heterocycles. The number of allylic oxidation sites excluding steroid dienone is 1. The number of carboxylic acids is 2. The van der Waals surface area contributed by atoms with Gasteiger partial charge in [0.2, 0.25) is 5.92 Å². The number of aliphatic carboxylic acids is 2. The van der Waals surface area contributed by atoms with Gasteiger partial charge >= 0.3 is 0 Å². The van der Waals surface area contributed by atoms with Crippen molar-refractivity contribution in [3.63, 3.8) is 0 Å². The third-order valence-electron chi connectivity index (χ3n) is 5.45. The van der Waals surface area contributed by atoms with Crippen molar-refractivity contribution in [2.75, 3.05) is 13.7 Å². The monoisotopic (exact) mass is 448 g/mol. The molecular weight excluding hydrogens is 410 g/mol. The zero-order chi connectivity index (χ0) is 23.8. The summed E-state index contributed by atoms with van der Waals surface area (Å²) in [5.74, 6) is -8.03. The minimum absolute atomic E-state index is 0.0610. The first-order valence-corrected chi connectivity index (χ1v) is 11.3. The first-order chi connectivity index (χ1) is 14.6. The summed E-state index contributed by atoms with van der Waals surface area (Å²) >= 11 is 0. The van der Waals surface area contributed by atoms with Crippen molar-refractivity contribution in [3.8, 4) is 0 Å². The van der Waals surface area contributed by atoms with Gasteiger partial charge in [-0.15, -0.1) is 0 Å². The summed E-state index contributed by atoms with van der Waals surface area (Å²) in [7, 11) is 1.29. The molecule has 0 amide bonds. The molecule has 0 spiro atoms. The highest BCUT2D eigenvalue weighted by atomic mass is 19.3. The molecule has 0 heterocycles. The first-order valence-electron chi connectivity index (χ1n) is 11.3. The largest absolute Gasteiger partial charge is 0.549 e. The summed E-state index contributed by atoms with van der Waals surface area (Å²) in [5, 5.41) is 32.8. The van der Waals surface area contributed by atoms with Crippen molar-refractivity contribution >= 4 is 11.9 Å². The van der Waals surface area contributed by atoms with Crippen molar-refractivity contribution < 1.29 is 38.4 Å². The summed E-state index contributed by atoms with van der Waals surface area (Å²) in [6, 6.07) is 0. The number of ether oxygens (including phenoxy) is 1. The van der Waals surface area contributed by atoms with Crippen LogP contribution in [0.4, 0.5) is 8.78 Å². The quantitative estimate of drug-likeness (QED) is 0.227. The Bertz CT molecular complexity index is 538. The van der Waals surface area contributed by atoms with Gasteiger partial charge in [-0.1, -0.05) is 57.6 Å². The van der Waals surface area contributed by atoms with Crippen LogP contribution in [0.1, 0.15) is 90.4 Å². The lowest BCUT2D eigenvalue weighted by Gasteiger charge is -2.36. The Morgan fingerprint density at radius 2 is 1.52 bits per heavy atom. The fourth-order valence-electron chi connectivity index (χ4n) is 3.42. The molecular formula is C23H38F2O6-2. The van der Waals surface area contributed by atoms with Crippen molar-refractivity contribution in [1.29, 1.82) is 0 Å². The standard InChI is InChI=1S/C23H40F2O6/c1-3-4-5-9-12-15-22(24,25)16-13-10-7-6-8-11-14-19(20(26)27)23(30,21(28)29)17-18-31-2/h11,14,19,30H,3-10,12-13,15-18H2,1-2H3,(H,26,27)(H,28,29)/p-2/b14-11+/t19-,23+/m1/s1. The van der Waals surface area contributed by atoms with Crippen molar-refractivity contribution in [2.45, 2.75) is 102 Å². The van der Waals surface area contributed by atoms with E-state index >= 15 is 0 Å². The number of hydrogen-bond donors (Lipinski definition) is 1. The van der Waals surface area contributed by atoms with Gasteiger partial charge in [0.1, 0.15) is 5.60 Å². The Morgan fingerprint density at radius 3 is 2.00 bits per heavy atom. The molecule has 1 N–H and O–H groups in total. The number of carbonyl (C=O) groups excluding carboxylic acids is 2. The fraction of sp³-hybridized carbons (Fsp3) is 0.826. The SMILES string of the molecule is CCCCCCCC(F)(F)CCCCCC/C=C/[C@H](C(=O)[O-])[C@@](O)(CCOC)C(=O)[O-]. The molecule has 0 fully saturated rings. The summed E-state index contributed by atoms with van der Waals surface area (Å²) < 4.78 is 32.4. The smallest absolute Gasteiger partial charge is 0.248 e. The normalized spacial score (nSPS) is 15.1. The Labute approximate surface area is 184 Å². The summed E-state index contributed by atoms with van der Waals surface area (Å²) in [4.78, 5) is 22.6. The molecule has 0 saturated carbocycles. The predicted octanol–water partition coefficient (Wildman–Crippen LogP) is 2.76. The van der Waals surface area contributed by atoms with E-state index in [0.717, 1.165) is 31.8 Å². The van der Waals surface area contributed by atoms with E-state index in [1.54, 1.807) is 0 Å². The number of aliphatic hydroxyl groups is 1. The summed E-state index contributed by atoms with van der Waals surface area (Å²) in [6.45, 7) is 1.92. The van der Waals surface area contributed by atoms with Crippen LogP contribution in [-0.2, 0) is 14.3 Å². The molecule has 0 aliphatic heterocycles. The summed E-state index contributed by atoms with van der Waals surface area (Å²) in [6.07, 6.45) is 9.33. The van der Waals surface area contributed by atoms with Gasteiger partial charge in [0, 0.05) is 33.0 Å². The van der Waals surface area contributed by atoms with E-state index in [4.69, 9.17) is 4.74 Å². The lowest BCUT2D eigenvalue weighted by molar-refractivity contribution is -0.339. The lowest BCUT2D eigenvalue weighted by Crippen LogP contribution is -2.58. The molecule has 0 bridgehead atoms. The molecule has 0 aliphatic carbocycles. The Balaban J connectivity index is 4.25. The Morgan fingerprint density at radius 1 is 0.968 bits per heavy atom. The van der Waals surface area contributed by atoms with Gasteiger partial charge < -0.3 is 29.6 Å². The number of methoxy groups -OCH3 is 1. The summed E-state index contributed by atoms with van der Waals surface area (Å²) in [5.41, 5.74) is -2.63. The van der Waals surface area contributed by atoms with E-state index in [0.29, 0.717) is 38.5 Å². The molecule has 0 aromatic carbocycles. The maximum atomic E-state index is 13.8. The van der Waals surface area contributed by atoms with E-state index in [2.05, 4.69) is 6.92 Å². The van der Waals surface area contributed by atoms with Gasteiger partial charge in [0.05, 0.1) is 17.9 Å². The zero-order valence-corrected chi connectivity index (χ0v) is 18.9. The van der Waals surface area contributed by atoms with Gasteiger partial charge in [-0.2, -0.15) is 0 Å². The van der Waals surface area contributed by atoms with Gasteiger partial charge in [0.25, 0.3) is 0 Å². The van der Waals surface area contributed by atoms with Crippen LogP contribution < -0.4 is 10.2 Å². The van der Waals surface area contributed by atoms with Crippen LogP contribution in [0, 0.1) is 5.92 Å². The molecule has 0 aliphatic rings. The highest BCUT2D eigenvalue weighted by Crippen LogP contribution is 2.28. The number of alkyl halides is 2. The van der Waals surface area contributed by atoms with Gasteiger partial charge in [-0.05, 0) is 25.7 Å². The number of carboxylic acid groups (broad SMARTS) is 2. The molecule has 8 heteroatoms. The van der Waals surface area contributed by atoms with Crippen LogP contribution in [0.5, 0.6) is 0 Å². The second-order valence-corrected chi connectivity index (χ2v) is 8.15. The van der Waals surface area contributed by atoms with Crippen LogP contribution in [0.15, 0.2) is 12.2 Å². The van der Waals surface area contributed by atoms with Crippen LogP contribution in [0.3, 0.4) is 0 Å². The van der Waals surface area contributed by atoms with E-state index in [1.165, 1.54) is 13.2 Å². The maximum absolute atomic E-state index is 13.8. The van der Waals surface area contributed by atoms with E-state index < -0.39 is 35.8 Å². The van der Waals surface area contributed by atoms with Crippen molar-refractivity contribution in [2.24, 2.45) is 5.92 Å². The average Bonchev–Trinajstić information content (AvgIpc) is 2.70. The van der Waals surface area contributed by atoms with Crippen LogP contribution in [0.2, 0.25) is 0 Å². The molecule has 2 atom stereocenters. The maximum Gasteiger partial charge on any atom is 0.248 e. The number of halogens is 2. The second kappa shape index (κ2) is 16.1. The topological polar surface area (TPSA) is 110 Å². The molecule has 0 unspecified atom stereocenters. The second-order valence-electron chi connectivity index (χ2n) is 8.15. The first kappa shape index (κ1) is 29.5. The third-order valence-corrected chi connectivity index (χ3v) is 5.45. The molecule has 0 aromatic rings. The highest BCUT2D eigenvalue weighted by Gasteiger charge is 2.37. The van der Waals surface area contributed by atoms with Crippen molar-refractivity contribution in [1.82, 2.24) is 0 Å². The van der Waals surface area contributed by atoms with Crippen LogP contribution in [-0.4, -0.2) is 42.3 Å². The zero-order valence-electron chi connectivity index (χ0n) is 18.9. The van der Waals surface area contributed by atoms with Gasteiger partial charge in [0.15, 0.2) is 0 Å². The molecule has 0 rings (SSSR count). The fourth-order valence-corrected chi connectivity index (χ4v) is 3.42. The van der Waals surface area contributed by atoms with Crippen LogP contribution in [0.25, 0.3) is 0 Å². The van der Waals surface area contributed by atoms with Gasteiger partial charge in [-0.25, -0.2) is 8.78 Å². The Kier molecular flexibility index (Phi) is 15.3. The number of unbranched alkanes of at least 4 members (excludes halogenated alkanes) is 8. The molecule has 6 nitrogen and oxygen atoms in total. The molecule has 31 heavy (non-hydrogen) atoms. The molecule has 0 radical (unpaired) electrons. The highest BCUT2D eigenvalue weighted by molar-refractivity contribution is 5.84. The van der Waals surface area contributed by atoms with E-state index in [-0.39, 0.29) is 19.4 Å².